The third kappa shape index (κ3) is 5.48. The molecule has 0 saturated heterocycles. The zero-order valence-corrected chi connectivity index (χ0v) is 17.3. The first-order valence-corrected chi connectivity index (χ1v) is 9.78. The van der Waals surface area contributed by atoms with Gasteiger partial charge in [0.2, 0.25) is 5.91 Å². The molecule has 0 saturated carbocycles. The van der Waals surface area contributed by atoms with Crippen LogP contribution in [0, 0.1) is 12.3 Å². The van der Waals surface area contributed by atoms with Crippen molar-refractivity contribution in [1.29, 1.82) is 5.41 Å². The minimum absolute atomic E-state index is 0.0653. The highest BCUT2D eigenvalue weighted by Crippen LogP contribution is 2.29. The molecule has 31 heavy (non-hydrogen) atoms. The number of nitrogens with two attached hydrogens (primary N) is 2. The van der Waals surface area contributed by atoms with Gasteiger partial charge in [0.1, 0.15) is 12.4 Å². The minimum Gasteiger partial charge on any atom is -0.384 e. The second kappa shape index (κ2) is 9.58. The first kappa shape index (κ1) is 21.6. The summed E-state index contributed by atoms with van der Waals surface area (Å²) in [7, 11) is 0. The van der Waals surface area contributed by atoms with Crippen LogP contribution in [0.15, 0.2) is 72.8 Å². The molecule has 3 rings (SSSR count). The molecule has 0 aliphatic rings. The fourth-order valence-corrected chi connectivity index (χ4v) is 3.28. The second-order valence-corrected chi connectivity index (χ2v) is 7.20. The molecule has 0 bridgehead atoms. The van der Waals surface area contributed by atoms with Gasteiger partial charge in [0.25, 0.3) is 5.91 Å². The number of carbonyl (C=O) groups is 2. The molecule has 0 spiro atoms. The van der Waals surface area contributed by atoms with Gasteiger partial charge < -0.3 is 21.7 Å². The van der Waals surface area contributed by atoms with Crippen molar-refractivity contribution >= 4 is 29.0 Å². The third-order valence-corrected chi connectivity index (χ3v) is 4.79. The number of hydrogen-bond acceptors (Lipinski definition) is 4. The molecule has 0 aliphatic carbocycles. The number of benzene rings is 3. The quantitative estimate of drug-likeness (QED) is 0.333. The molecule has 2 amide bonds. The van der Waals surface area contributed by atoms with Crippen molar-refractivity contribution < 1.29 is 9.59 Å². The Bertz CT molecular complexity index is 1110. The van der Waals surface area contributed by atoms with E-state index in [9.17, 15) is 9.59 Å². The Morgan fingerprint density at radius 3 is 2.32 bits per heavy atom. The van der Waals surface area contributed by atoms with Crippen molar-refractivity contribution in [2.24, 2.45) is 11.5 Å². The number of rotatable bonds is 8. The molecule has 0 unspecified atom stereocenters. The lowest BCUT2D eigenvalue weighted by Gasteiger charge is -2.27. The van der Waals surface area contributed by atoms with Gasteiger partial charge in [-0.3, -0.25) is 15.0 Å². The van der Waals surface area contributed by atoms with Crippen LogP contribution in [0.2, 0.25) is 0 Å². The van der Waals surface area contributed by atoms with E-state index in [1.807, 2.05) is 55.5 Å². The summed E-state index contributed by atoms with van der Waals surface area (Å²) in [4.78, 5) is 26.2. The van der Waals surface area contributed by atoms with Crippen LogP contribution < -0.4 is 21.7 Å². The molecular formula is C24H25N5O2. The highest BCUT2D eigenvalue weighted by Gasteiger charge is 2.18. The van der Waals surface area contributed by atoms with E-state index in [2.05, 4.69) is 5.32 Å². The molecule has 3 aromatic carbocycles. The third-order valence-electron chi connectivity index (χ3n) is 4.79. The number of aryl methyl sites for hydroxylation is 1. The number of nitrogen functional groups attached to an aromatic ring is 1. The largest absolute Gasteiger partial charge is 0.384 e. The van der Waals surface area contributed by atoms with Gasteiger partial charge in [-0.05, 0) is 42.8 Å². The van der Waals surface area contributed by atoms with E-state index in [1.54, 1.807) is 29.2 Å². The lowest BCUT2D eigenvalue weighted by atomic mass is 10.1. The minimum atomic E-state index is -0.508. The maximum atomic E-state index is 12.6. The summed E-state index contributed by atoms with van der Waals surface area (Å²) in [6.45, 7) is 2.09. The zero-order chi connectivity index (χ0) is 22.4. The zero-order valence-electron chi connectivity index (χ0n) is 17.3. The summed E-state index contributed by atoms with van der Waals surface area (Å²) >= 11 is 0. The van der Waals surface area contributed by atoms with E-state index in [0.29, 0.717) is 16.8 Å². The van der Waals surface area contributed by atoms with E-state index < -0.39 is 5.91 Å². The molecule has 0 fully saturated rings. The van der Waals surface area contributed by atoms with Crippen LogP contribution in [0.5, 0.6) is 0 Å². The Kier molecular flexibility index (Phi) is 6.67. The van der Waals surface area contributed by atoms with Crippen LogP contribution >= 0.6 is 0 Å². The van der Waals surface area contributed by atoms with Crippen molar-refractivity contribution in [3.8, 4) is 0 Å². The first-order chi connectivity index (χ1) is 14.8. The van der Waals surface area contributed by atoms with Crippen molar-refractivity contribution in [1.82, 2.24) is 5.32 Å². The Balaban J connectivity index is 1.97. The molecule has 7 heteroatoms. The van der Waals surface area contributed by atoms with Gasteiger partial charge in [0.15, 0.2) is 0 Å². The highest BCUT2D eigenvalue weighted by molar-refractivity contribution is 5.97. The van der Waals surface area contributed by atoms with Crippen LogP contribution in [0.4, 0.5) is 11.4 Å². The van der Waals surface area contributed by atoms with Crippen LogP contribution in [0.25, 0.3) is 0 Å². The number of para-hydroxylation sites is 1. The standard InChI is InChI=1S/C24H25N5O2/c1-16-6-5-7-18(12-16)24(31)28-14-19-11-10-17(23(26)27)13-21(19)29(15-22(25)30)20-8-3-2-4-9-20/h2-13H,14-15H2,1H3,(H2,25,30)(H3,26,27)(H,28,31). The van der Waals surface area contributed by atoms with Crippen LogP contribution in [-0.4, -0.2) is 24.2 Å². The second-order valence-electron chi connectivity index (χ2n) is 7.20. The number of amides is 2. The Morgan fingerprint density at radius 1 is 0.935 bits per heavy atom. The summed E-state index contributed by atoms with van der Waals surface area (Å²) in [5, 5.41) is 10.7. The molecule has 3 aromatic rings. The number of amidine groups is 1. The molecule has 0 radical (unpaired) electrons. The van der Waals surface area contributed by atoms with Crippen molar-refractivity contribution in [2.45, 2.75) is 13.5 Å². The average Bonchev–Trinajstić information content (AvgIpc) is 2.76. The Labute approximate surface area is 181 Å². The van der Waals surface area contributed by atoms with Gasteiger partial charge in [-0.1, -0.05) is 48.0 Å². The summed E-state index contributed by atoms with van der Waals surface area (Å²) in [6.07, 6.45) is 0. The van der Waals surface area contributed by atoms with Crippen LogP contribution in [0.3, 0.4) is 0 Å². The lowest BCUT2D eigenvalue weighted by Crippen LogP contribution is -2.32. The predicted molar refractivity (Wildman–Crippen MR) is 122 cm³/mol. The van der Waals surface area contributed by atoms with Crippen molar-refractivity contribution in [3.63, 3.8) is 0 Å². The van der Waals surface area contributed by atoms with Gasteiger partial charge in [0.05, 0.1) is 0 Å². The molecule has 0 heterocycles. The molecule has 6 N–H and O–H groups in total. The first-order valence-electron chi connectivity index (χ1n) is 9.78. The van der Waals surface area contributed by atoms with Crippen LogP contribution in [0.1, 0.15) is 27.0 Å². The van der Waals surface area contributed by atoms with Crippen molar-refractivity contribution in [3.05, 3.63) is 95.1 Å². The number of nitrogens with one attached hydrogen (secondary N) is 2. The highest BCUT2D eigenvalue weighted by atomic mass is 16.2. The molecule has 7 nitrogen and oxygen atoms in total. The number of anilines is 2. The molecule has 0 aliphatic heterocycles. The SMILES string of the molecule is Cc1cccc(C(=O)NCc2ccc(C(=N)N)cc2N(CC(N)=O)c2ccccc2)c1. The molecular weight excluding hydrogens is 390 g/mol. The number of carbonyl (C=O) groups excluding carboxylic acids is 2. The fourth-order valence-electron chi connectivity index (χ4n) is 3.28. The van der Waals surface area contributed by atoms with Gasteiger partial charge in [-0.25, -0.2) is 0 Å². The number of primary amides is 1. The number of hydrogen-bond donors (Lipinski definition) is 4. The summed E-state index contributed by atoms with van der Waals surface area (Å²) in [5.74, 6) is -0.804. The van der Waals surface area contributed by atoms with Crippen LogP contribution in [-0.2, 0) is 11.3 Å². The maximum absolute atomic E-state index is 12.6. The number of nitrogens with zero attached hydrogens (tertiary/aromatic N) is 1. The monoisotopic (exact) mass is 415 g/mol. The molecule has 0 atom stereocenters. The summed E-state index contributed by atoms with van der Waals surface area (Å²) in [5.41, 5.74) is 15.4. The fraction of sp³-hybridized carbons (Fsp3) is 0.125. The Morgan fingerprint density at radius 2 is 1.68 bits per heavy atom. The van der Waals surface area contributed by atoms with E-state index in [4.69, 9.17) is 16.9 Å². The maximum Gasteiger partial charge on any atom is 0.251 e. The lowest BCUT2D eigenvalue weighted by molar-refractivity contribution is -0.116. The van der Waals surface area contributed by atoms with Gasteiger partial charge in [0, 0.05) is 29.0 Å². The Hall–Kier alpha value is -4.13. The summed E-state index contributed by atoms with van der Waals surface area (Å²) in [6, 6.07) is 21.9. The molecule has 158 valence electrons. The molecule has 0 aromatic heterocycles. The summed E-state index contributed by atoms with van der Waals surface area (Å²) < 4.78 is 0. The van der Waals surface area contributed by atoms with Gasteiger partial charge in [-0.2, -0.15) is 0 Å². The van der Waals surface area contributed by atoms with E-state index in [-0.39, 0.29) is 24.8 Å². The van der Waals surface area contributed by atoms with Gasteiger partial charge in [-0.15, -0.1) is 0 Å². The van der Waals surface area contributed by atoms with Gasteiger partial charge >= 0.3 is 0 Å². The predicted octanol–water partition coefficient (Wildman–Crippen LogP) is 2.83. The smallest absolute Gasteiger partial charge is 0.251 e. The normalized spacial score (nSPS) is 10.4. The van der Waals surface area contributed by atoms with E-state index >= 15 is 0 Å². The topological polar surface area (TPSA) is 125 Å². The average molecular weight is 415 g/mol. The van der Waals surface area contributed by atoms with Crippen molar-refractivity contribution in [2.75, 3.05) is 11.4 Å². The van der Waals surface area contributed by atoms with E-state index in [0.717, 1.165) is 16.8 Å². The van der Waals surface area contributed by atoms with E-state index in [1.165, 1.54) is 0 Å².